The number of rotatable bonds is 7. The van der Waals surface area contributed by atoms with Crippen LogP contribution in [-0.2, 0) is 4.74 Å². The second kappa shape index (κ2) is 7.28. The van der Waals surface area contributed by atoms with Crippen LogP contribution in [0.3, 0.4) is 0 Å². The number of nitrogens with two attached hydrogens (primary N) is 1. The van der Waals surface area contributed by atoms with Gasteiger partial charge >= 0.3 is 0 Å². The molecule has 0 aromatic carbocycles. The summed E-state index contributed by atoms with van der Waals surface area (Å²) >= 11 is 1.53. The molecule has 0 amide bonds. The molecule has 0 unspecified atom stereocenters. The van der Waals surface area contributed by atoms with Crippen molar-refractivity contribution in [3.8, 4) is 0 Å². The molecule has 1 fully saturated rings. The summed E-state index contributed by atoms with van der Waals surface area (Å²) in [5.41, 5.74) is 7.20. The molecule has 0 spiro atoms. The molecule has 2 heterocycles. The topological polar surface area (TPSA) is 142 Å². The maximum Gasteiger partial charge on any atom is 0.191 e. The van der Waals surface area contributed by atoms with E-state index in [-0.39, 0.29) is 13.2 Å². The summed E-state index contributed by atoms with van der Waals surface area (Å²) in [6.07, 6.45) is -1.12. The molecule has 9 nitrogen and oxygen atoms in total. The van der Waals surface area contributed by atoms with E-state index >= 15 is 0 Å². The lowest BCUT2D eigenvalue weighted by Gasteiger charge is -2.25. The number of nitrogens with zero attached hydrogens (tertiary/aromatic N) is 3. The summed E-state index contributed by atoms with van der Waals surface area (Å²) in [5, 5.41) is 32.9. The van der Waals surface area contributed by atoms with Gasteiger partial charge in [0.15, 0.2) is 16.6 Å². The van der Waals surface area contributed by atoms with Crippen molar-refractivity contribution in [1.29, 1.82) is 0 Å². The molecule has 3 rings (SSSR count). The largest absolute Gasteiger partial charge is 0.394 e. The van der Waals surface area contributed by atoms with E-state index in [9.17, 15) is 10.2 Å². The van der Waals surface area contributed by atoms with E-state index in [0.717, 1.165) is 12.2 Å². The Hall–Kier alpha value is -1.33. The lowest BCUT2D eigenvalue weighted by Crippen LogP contribution is -2.34. The first kappa shape index (κ1) is 17.5. The second-order valence-corrected chi connectivity index (χ2v) is 6.90. The normalized spacial score (nSPS) is 27.3. The van der Waals surface area contributed by atoms with Gasteiger partial charge in [0, 0.05) is 12.2 Å². The van der Waals surface area contributed by atoms with Crippen molar-refractivity contribution in [2.45, 2.75) is 49.3 Å². The Labute approximate surface area is 143 Å². The minimum atomic E-state index is -1.01. The van der Waals surface area contributed by atoms with E-state index in [0.29, 0.717) is 28.6 Å². The highest BCUT2D eigenvalue weighted by Crippen LogP contribution is 2.36. The number of thioether (sulfide) groups is 1. The molecule has 134 valence electrons. The minimum Gasteiger partial charge on any atom is -0.394 e. The molecule has 2 aromatic heterocycles. The fourth-order valence-electron chi connectivity index (χ4n) is 2.94. The summed E-state index contributed by atoms with van der Waals surface area (Å²) in [6, 6.07) is -0.394. The molecule has 0 radical (unpaired) electrons. The molecule has 0 bridgehead atoms. The van der Waals surface area contributed by atoms with Crippen LogP contribution >= 0.6 is 11.8 Å². The third-order valence-corrected chi connectivity index (χ3v) is 5.20. The van der Waals surface area contributed by atoms with E-state index in [1.165, 1.54) is 11.8 Å². The van der Waals surface area contributed by atoms with Gasteiger partial charge in [-0.1, -0.05) is 18.7 Å². The van der Waals surface area contributed by atoms with Gasteiger partial charge in [0.05, 0.1) is 25.4 Å². The average Bonchev–Trinajstić information content (AvgIpc) is 2.82. The first-order valence-electron chi connectivity index (χ1n) is 8.01. The molecule has 24 heavy (non-hydrogen) atoms. The van der Waals surface area contributed by atoms with Crippen LogP contribution < -0.4 is 5.73 Å². The Morgan fingerprint density at radius 2 is 2.17 bits per heavy atom. The first-order valence-corrected chi connectivity index (χ1v) is 9.00. The highest BCUT2D eigenvalue weighted by Gasteiger charge is 2.44. The van der Waals surface area contributed by atoms with Gasteiger partial charge < -0.3 is 25.8 Å². The molecule has 6 N–H and O–H groups in total. The van der Waals surface area contributed by atoms with Gasteiger partial charge in [-0.25, -0.2) is 9.97 Å². The van der Waals surface area contributed by atoms with Crippen molar-refractivity contribution in [3.05, 3.63) is 0 Å². The van der Waals surface area contributed by atoms with E-state index in [1.807, 2.05) is 0 Å². The van der Waals surface area contributed by atoms with Crippen molar-refractivity contribution in [3.63, 3.8) is 0 Å². The molecule has 4 atom stereocenters. The van der Waals surface area contributed by atoms with Crippen LogP contribution in [0.1, 0.15) is 25.8 Å². The summed E-state index contributed by atoms with van der Waals surface area (Å²) < 4.78 is 7.10. The Bertz CT molecular complexity index is 690. The number of nitrogens with one attached hydrogen (secondary N) is 1. The molecule has 0 aliphatic heterocycles. The Morgan fingerprint density at radius 1 is 1.38 bits per heavy atom. The van der Waals surface area contributed by atoms with Crippen LogP contribution in [0.2, 0.25) is 0 Å². The van der Waals surface area contributed by atoms with Gasteiger partial charge in [0.1, 0.15) is 17.7 Å². The average molecular weight is 357 g/mol. The number of fused-ring (bicyclic) bond motifs is 1. The van der Waals surface area contributed by atoms with Gasteiger partial charge in [0.25, 0.3) is 0 Å². The zero-order chi connectivity index (χ0) is 17.3. The van der Waals surface area contributed by atoms with E-state index in [4.69, 9.17) is 15.6 Å². The Kier molecular flexibility index (Phi) is 5.30. The number of ether oxygens (including phenoxy) is 1. The number of H-pyrrole nitrogens is 1. The van der Waals surface area contributed by atoms with Gasteiger partial charge in [-0.05, 0) is 6.42 Å². The first-order chi connectivity index (χ1) is 11.6. The van der Waals surface area contributed by atoms with Crippen LogP contribution in [-0.4, -0.2) is 72.3 Å². The van der Waals surface area contributed by atoms with E-state index in [1.54, 1.807) is 4.68 Å². The van der Waals surface area contributed by atoms with Gasteiger partial charge in [-0.2, -0.15) is 0 Å². The number of hydrogen-bond donors (Lipinski definition) is 5. The van der Waals surface area contributed by atoms with Gasteiger partial charge in [-0.15, -0.1) is 0 Å². The van der Waals surface area contributed by atoms with Crippen molar-refractivity contribution in [1.82, 2.24) is 19.7 Å². The smallest absolute Gasteiger partial charge is 0.191 e. The number of nitrogen functional groups attached to an aromatic ring is 1. The van der Waals surface area contributed by atoms with E-state index in [2.05, 4.69) is 22.0 Å². The van der Waals surface area contributed by atoms with Crippen LogP contribution in [0.15, 0.2) is 5.16 Å². The Balaban J connectivity index is 1.83. The third-order valence-electron chi connectivity index (χ3n) is 4.15. The summed E-state index contributed by atoms with van der Waals surface area (Å²) in [5.74, 6) is 1.27. The van der Waals surface area contributed by atoms with Crippen molar-refractivity contribution in [2.75, 3.05) is 24.7 Å². The highest BCUT2D eigenvalue weighted by atomic mass is 32.2. The van der Waals surface area contributed by atoms with Crippen LogP contribution in [0, 0.1) is 0 Å². The molecular weight excluding hydrogens is 334 g/mol. The van der Waals surface area contributed by atoms with Crippen LogP contribution in [0.25, 0.3) is 11.2 Å². The zero-order valence-electron chi connectivity index (χ0n) is 13.4. The predicted molar refractivity (Wildman–Crippen MR) is 89.8 cm³/mol. The number of aromatic amines is 1. The molecule has 2 aromatic rings. The molecule has 1 aliphatic rings. The van der Waals surface area contributed by atoms with Crippen LogP contribution in [0.5, 0.6) is 0 Å². The highest BCUT2D eigenvalue weighted by molar-refractivity contribution is 7.99. The number of aromatic nitrogens is 4. The summed E-state index contributed by atoms with van der Waals surface area (Å²) in [7, 11) is 0. The monoisotopic (exact) mass is 357 g/mol. The fraction of sp³-hybridized carbons (Fsp3) is 0.714. The van der Waals surface area contributed by atoms with Crippen LogP contribution in [0.4, 0.5) is 5.82 Å². The molecule has 1 aliphatic carbocycles. The molecule has 1 saturated carbocycles. The quantitative estimate of drug-likeness (QED) is 0.341. The second-order valence-electron chi connectivity index (χ2n) is 5.84. The number of aliphatic hydroxyl groups is 3. The summed E-state index contributed by atoms with van der Waals surface area (Å²) in [6.45, 7) is 2.07. The van der Waals surface area contributed by atoms with Crippen molar-refractivity contribution >= 4 is 28.7 Å². The third kappa shape index (κ3) is 3.11. The van der Waals surface area contributed by atoms with Gasteiger partial charge in [-0.3, -0.25) is 9.78 Å². The standard InChI is InChI=1S/C14H23N5O4S/c1-2-5-24-14-16-12(15)9-13(17-14)19(18-9)7-6-8(23-4-3-20)11(22)10(7)21/h7-8,10-11,18,20-22H,2-6H2,1H3,(H2,15,16,17)/t7-,8+,10+,11-/m1/s1. The SMILES string of the molecule is CCCSc1nc(N)c2[nH]n([C@@H]3C[C@H](OCCO)[C@@H](O)[C@H]3O)c2n1. The molecule has 0 saturated heterocycles. The fourth-order valence-corrected chi connectivity index (χ4v) is 3.64. The van der Waals surface area contributed by atoms with Crippen molar-refractivity contribution in [2.24, 2.45) is 0 Å². The van der Waals surface area contributed by atoms with Gasteiger partial charge in [0.2, 0.25) is 0 Å². The summed E-state index contributed by atoms with van der Waals surface area (Å²) in [4.78, 5) is 8.74. The lowest BCUT2D eigenvalue weighted by molar-refractivity contribution is -0.0629. The number of hydrogen-bond acceptors (Lipinski definition) is 8. The maximum atomic E-state index is 10.3. The molecular formula is C14H23N5O4S. The van der Waals surface area contributed by atoms with Crippen molar-refractivity contribution < 1.29 is 20.1 Å². The maximum absolute atomic E-state index is 10.3. The number of anilines is 1. The predicted octanol–water partition coefficient (Wildman–Crippen LogP) is -0.112. The lowest BCUT2D eigenvalue weighted by atomic mass is 10.2. The zero-order valence-corrected chi connectivity index (χ0v) is 14.2. The van der Waals surface area contributed by atoms with E-state index < -0.39 is 24.4 Å². The Morgan fingerprint density at radius 3 is 2.88 bits per heavy atom. The molecule has 10 heteroatoms. The number of aliphatic hydroxyl groups excluding tert-OH is 3. The minimum absolute atomic E-state index is 0.123.